The fraction of sp³-hybridized carbons (Fsp3) is 0.375. The maximum absolute atomic E-state index is 13.3. The Morgan fingerprint density at radius 2 is 1.72 bits per heavy atom. The van der Waals surface area contributed by atoms with E-state index >= 15 is 0 Å². The van der Waals surface area contributed by atoms with Gasteiger partial charge in [-0.1, -0.05) is 30.3 Å². The number of carbonyl (C=O) groups excluding carboxylic acids is 2. The van der Waals surface area contributed by atoms with Crippen LogP contribution in [-0.4, -0.2) is 66.2 Å². The predicted octanol–water partition coefficient (Wildman–Crippen LogP) is 2.37. The molecule has 0 bridgehead atoms. The van der Waals surface area contributed by atoms with Gasteiger partial charge < -0.3 is 14.7 Å². The first-order chi connectivity index (χ1) is 15.3. The van der Waals surface area contributed by atoms with E-state index in [1.165, 1.54) is 17.0 Å². The molecule has 0 radical (unpaired) electrons. The van der Waals surface area contributed by atoms with E-state index < -0.39 is 5.97 Å². The molecule has 2 heterocycles. The molecular formula is C24H27N3O5. The molecule has 2 aliphatic rings. The van der Waals surface area contributed by atoms with E-state index in [4.69, 9.17) is 4.74 Å². The van der Waals surface area contributed by atoms with Crippen LogP contribution in [0, 0.1) is 0 Å². The van der Waals surface area contributed by atoms with Gasteiger partial charge >= 0.3 is 5.97 Å². The molecule has 0 saturated carbocycles. The summed E-state index contributed by atoms with van der Waals surface area (Å²) in [6, 6.07) is 14.1. The van der Waals surface area contributed by atoms with Crippen LogP contribution in [0.1, 0.15) is 29.8 Å². The minimum Gasteiger partial charge on any atom is -0.478 e. The van der Waals surface area contributed by atoms with Crippen molar-refractivity contribution in [1.29, 1.82) is 0 Å². The average Bonchev–Trinajstić information content (AvgIpc) is 2.75. The molecular weight excluding hydrogens is 410 g/mol. The van der Waals surface area contributed by atoms with Crippen LogP contribution in [-0.2, 0) is 20.9 Å². The highest BCUT2D eigenvalue weighted by Crippen LogP contribution is 2.36. The molecule has 1 saturated heterocycles. The van der Waals surface area contributed by atoms with Gasteiger partial charge in [-0.15, -0.1) is 0 Å². The zero-order valence-corrected chi connectivity index (χ0v) is 18.2. The Balaban J connectivity index is 1.64. The standard InChI is InChI=1S/C24H27N3O5/c1-16-11-25(12-17(2)32-16)14-22(28)27-15-23(29)26(13-18-6-4-3-5-7-18)20-9-8-19(24(30)31)10-21(20)27/h3-10,16-17H,11-15H2,1-2H3,(H,30,31). The smallest absolute Gasteiger partial charge is 0.335 e. The Hall–Kier alpha value is -3.23. The summed E-state index contributed by atoms with van der Waals surface area (Å²) < 4.78 is 5.74. The normalized spacial score (nSPS) is 21.4. The number of fused-ring (bicyclic) bond motifs is 1. The third-order valence-corrected chi connectivity index (χ3v) is 5.74. The van der Waals surface area contributed by atoms with Crippen molar-refractivity contribution in [2.24, 2.45) is 0 Å². The summed E-state index contributed by atoms with van der Waals surface area (Å²) in [5.74, 6) is -1.52. The molecule has 2 amide bonds. The Morgan fingerprint density at radius 1 is 1.03 bits per heavy atom. The molecule has 0 spiro atoms. The number of aromatic carboxylic acids is 1. The van der Waals surface area contributed by atoms with Crippen LogP contribution in [0.25, 0.3) is 0 Å². The van der Waals surface area contributed by atoms with Gasteiger partial charge in [-0.2, -0.15) is 0 Å². The van der Waals surface area contributed by atoms with Crippen molar-refractivity contribution in [2.75, 3.05) is 36.0 Å². The first kappa shape index (κ1) is 22.0. The van der Waals surface area contributed by atoms with Crippen molar-refractivity contribution in [2.45, 2.75) is 32.6 Å². The summed E-state index contributed by atoms with van der Waals surface area (Å²) in [5.41, 5.74) is 2.00. The second-order valence-corrected chi connectivity index (χ2v) is 8.41. The quantitative estimate of drug-likeness (QED) is 0.773. The topological polar surface area (TPSA) is 90.4 Å². The summed E-state index contributed by atoms with van der Waals surface area (Å²) in [5, 5.41) is 9.48. The molecule has 4 rings (SSSR count). The van der Waals surface area contributed by atoms with E-state index in [-0.39, 0.29) is 42.7 Å². The summed E-state index contributed by atoms with van der Waals surface area (Å²) in [6.07, 6.45) is 0.0311. The Kier molecular flexibility index (Phi) is 6.25. The van der Waals surface area contributed by atoms with Crippen LogP contribution in [0.2, 0.25) is 0 Å². The fourth-order valence-corrected chi connectivity index (χ4v) is 4.39. The predicted molar refractivity (Wildman–Crippen MR) is 120 cm³/mol. The third kappa shape index (κ3) is 4.66. The minimum absolute atomic E-state index is 0.0156. The average molecular weight is 437 g/mol. The summed E-state index contributed by atoms with van der Waals surface area (Å²) in [6.45, 7) is 5.54. The van der Waals surface area contributed by atoms with E-state index in [1.807, 2.05) is 49.1 Å². The Bertz CT molecular complexity index is 1020. The van der Waals surface area contributed by atoms with Gasteiger partial charge in [-0.3, -0.25) is 19.4 Å². The largest absolute Gasteiger partial charge is 0.478 e. The lowest BCUT2D eigenvalue weighted by Gasteiger charge is -2.39. The van der Waals surface area contributed by atoms with Crippen molar-refractivity contribution in [3.05, 3.63) is 59.7 Å². The van der Waals surface area contributed by atoms with E-state index in [0.717, 1.165) is 5.56 Å². The number of anilines is 2. The Morgan fingerprint density at radius 3 is 2.38 bits per heavy atom. The van der Waals surface area contributed by atoms with Crippen molar-refractivity contribution in [1.82, 2.24) is 4.90 Å². The molecule has 1 fully saturated rings. The number of benzene rings is 2. The van der Waals surface area contributed by atoms with Gasteiger partial charge in [0, 0.05) is 13.1 Å². The van der Waals surface area contributed by atoms with Gasteiger partial charge in [0.25, 0.3) is 0 Å². The Labute approximate surface area is 187 Å². The summed E-state index contributed by atoms with van der Waals surface area (Å²) >= 11 is 0. The van der Waals surface area contributed by atoms with Gasteiger partial charge in [0.1, 0.15) is 6.54 Å². The SMILES string of the molecule is CC1CN(CC(=O)N2CC(=O)N(Cc3ccccc3)c3ccc(C(=O)O)cc32)CC(C)O1. The molecule has 0 aliphatic carbocycles. The van der Waals surface area contributed by atoms with Gasteiger partial charge in [-0.25, -0.2) is 4.79 Å². The minimum atomic E-state index is -1.08. The number of amides is 2. The molecule has 2 atom stereocenters. The zero-order chi connectivity index (χ0) is 22.8. The van der Waals surface area contributed by atoms with Crippen molar-refractivity contribution in [3.8, 4) is 0 Å². The molecule has 2 aromatic rings. The van der Waals surface area contributed by atoms with Gasteiger partial charge in [0.2, 0.25) is 11.8 Å². The van der Waals surface area contributed by atoms with Gasteiger partial charge in [0.05, 0.1) is 42.2 Å². The van der Waals surface area contributed by atoms with Crippen molar-refractivity contribution < 1.29 is 24.2 Å². The highest BCUT2D eigenvalue weighted by Gasteiger charge is 2.34. The lowest BCUT2D eigenvalue weighted by molar-refractivity contribution is -0.126. The van der Waals surface area contributed by atoms with Gasteiger partial charge in [-0.05, 0) is 37.6 Å². The highest BCUT2D eigenvalue weighted by molar-refractivity contribution is 6.12. The van der Waals surface area contributed by atoms with Crippen LogP contribution in [0.5, 0.6) is 0 Å². The second kappa shape index (κ2) is 9.10. The molecule has 8 heteroatoms. The molecule has 2 aromatic carbocycles. The maximum atomic E-state index is 13.3. The molecule has 8 nitrogen and oxygen atoms in total. The van der Waals surface area contributed by atoms with Crippen LogP contribution in [0.15, 0.2) is 48.5 Å². The number of morpholine rings is 1. The molecule has 168 valence electrons. The first-order valence-electron chi connectivity index (χ1n) is 10.7. The second-order valence-electron chi connectivity index (χ2n) is 8.41. The molecule has 32 heavy (non-hydrogen) atoms. The van der Waals surface area contributed by atoms with Crippen LogP contribution < -0.4 is 9.80 Å². The number of carboxylic acids is 1. The monoisotopic (exact) mass is 437 g/mol. The lowest BCUT2D eigenvalue weighted by Crippen LogP contribution is -2.53. The lowest BCUT2D eigenvalue weighted by atomic mass is 10.1. The van der Waals surface area contributed by atoms with Crippen LogP contribution in [0.4, 0.5) is 11.4 Å². The fourth-order valence-electron chi connectivity index (χ4n) is 4.39. The van der Waals surface area contributed by atoms with Crippen LogP contribution >= 0.6 is 0 Å². The van der Waals surface area contributed by atoms with Crippen molar-refractivity contribution in [3.63, 3.8) is 0 Å². The first-order valence-corrected chi connectivity index (χ1v) is 10.7. The number of hydrogen-bond acceptors (Lipinski definition) is 5. The number of carbonyl (C=O) groups is 3. The molecule has 2 unspecified atom stereocenters. The van der Waals surface area contributed by atoms with Gasteiger partial charge in [0.15, 0.2) is 0 Å². The number of carboxylic acid groups (broad SMARTS) is 1. The number of rotatable bonds is 5. The number of ether oxygens (including phenoxy) is 1. The third-order valence-electron chi connectivity index (χ3n) is 5.74. The van der Waals surface area contributed by atoms with Crippen LogP contribution in [0.3, 0.4) is 0 Å². The van der Waals surface area contributed by atoms with E-state index in [0.29, 0.717) is 31.0 Å². The highest BCUT2D eigenvalue weighted by atomic mass is 16.5. The molecule has 2 aliphatic heterocycles. The number of nitrogens with zero attached hydrogens (tertiary/aromatic N) is 3. The molecule has 0 aromatic heterocycles. The summed E-state index contributed by atoms with van der Waals surface area (Å²) in [7, 11) is 0. The summed E-state index contributed by atoms with van der Waals surface area (Å²) in [4.78, 5) is 43.0. The van der Waals surface area contributed by atoms with E-state index in [1.54, 1.807) is 11.0 Å². The van der Waals surface area contributed by atoms with E-state index in [9.17, 15) is 19.5 Å². The zero-order valence-electron chi connectivity index (χ0n) is 18.2. The van der Waals surface area contributed by atoms with Crippen molar-refractivity contribution >= 4 is 29.2 Å². The molecule has 1 N–H and O–H groups in total. The number of hydrogen-bond donors (Lipinski definition) is 1. The van der Waals surface area contributed by atoms with E-state index in [2.05, 4.69) is 0 Å². The maximum Gasteiger partial charge on any atom is 0.335 e.